The van der Waals surface area contributed by atoms with E-state index in [-0.39, 0.29) is 5.91 Å². The first kappa shape index (κ1) is 14.1. The average Bonchev–Trinajstić information content (AvgIpc) is 2.94. The van der Waals surface area contributed by atoms with Crippen molar-refractivity contribution in [2.24, 2.45) is 0 Å². The van der Waals surface area contributed by atoms with Crippen LogP contribution in [0.1, 0.15) is 40.6 Å². The van der Waals surface area contributed by atoms with Crippen LogP contribution in [0.25, 0.3) is 0 Å². The summed E-state index contributed by atoms with van der Waals surface area (Å²) in [5.74, 6) is 1.56. The number of aromatic nitrogens is 2. The first-order chi connectivity index (χ1) is 10.1. The molecule has 0 unspecified atom stereocenters. The van der Waals surface area contributed by atoms with Crippen molar-refractivity contribution in [3.63, 3.8) is 0 Å². The summed E-state index contributed by atoms with van der Waals surface area (Å²) in [7, 11) is 0. The van der Waals surface area contributed by atoms with Gasteiger partial charge < -0.3 is 9.88 Å². The molecule has 1 aromatic carbocycles. The number of benzene rings is 1. The number of imidazole rings is 1. The number of nitrogens with zero attached hydrogens (tertiary/aromatic N) is 2. The highest BCUT2D eigenvalue weighted by Gasteiger charge is 2.25. The van der Waals surface area contributed by atoms with Crippen LogP contribution in [-0.2, 0) is 0 Å². The van der Waals surface area contributed by atoms with Gasteiger partial charge in [0.05, 0.1) is 0 Å². The molecular weight excluding hydrogens is 286 g/mol. The third-order valence-corrected chi connectivity index (χ3v) is 4.23. The minimum Gasteiger partial charge on any atom is -0.346 e. The van der Waals surface area contributed by atoms with Crippen LogP contribution in [0.2, 0.25) is 5.02 Å². The lowest BCUT2D eigenvalue weighted by Crippen LogP contribution is -2.38. The lowest BCUT2D eigenvalue weighted by molar-refractivity contribution is 0.0711. The molecule has 1 saturated heterocycles. The maximum atomic E-state index is 12.4. The standard InChI is InChI=1S/C16H18ClN3O/c1-11-10-18-15(19-11)12-6-8-20(9-7-12)16(21)13-2-4-14(17)5-3-13/h2-5,10,12H,6-9H2,1H3,(H,18,19). The predicted molar refractivity (Wildman–Crippen MR) is 82.7 cm³/mol. The summed E-state index contributed by atoms with van der Waals surface area (Å²) in [6.07, 6.45) is 3.76. The lowest BCUT2D eigenvalue weighted by atomic mass is 9.95. The largest absolute Gasteiger partial charge is 0.346 e. The summed E-state index contributed by atoms with van der Waals surface area (Å²) >= 11 is 5.86. The highest BCUT2D eigenvalue weighted by atomic mass is 35.5. The summed E-state index contributed by atoms with van der Waals surface area (Å²) in [5, 5.41) is 0.651. The molecule has 2 aromatic rings. The van der Waals surface area contributed by atoms with E-state index in [4.69, 9.17) is 11.6 Å². The Morgan fingerprint density at radius 3 is 2.52 bits per heavy atom. The van der Waals surface area contributed by atoms with Crippen molar-refractivity contribution in [1.29, 1.82) is 0 Å². The fourth-order valence-corrected chi connectivity index (χ4v) is 2.90. The number of likely N-dealkylation sites (tertiary alicyclic amines) is 1. The van der Waals surface area contributed by atoms with Gasteiger partial charge in [-0.05, 0) is 44.0 Å². The number of hydrogen-bond donors (Lipinski definition) is 1. The number of halogens is 1. The minimum atomic E-state index is 0.0840. The molecule has 4 nitrogen and oxygen atoms in total. The number of rotatable bonds is 2. The second-order valence-electron chi connectivity index (χ2n) is 5.52. The zero-order valence-corrected chi connectivity index (χ0v) is 12.7. The van der Waals surface area contributed by atoms with Gasteiger partial charge in [0.25, 0.3) is 5.91 Å². The van der Waals surface area contributed by atoms with Gasteiger partial charge in [-0.2, -0.15) is 0 Å². The first-order valence-electron chi connectivity index (χ1n) is 7.20. The van der Waals surface area contributed by atoms with Gasteiger partial charge in [0.2, 0.25) is 0 Å². The maximum absolute atomic E-state index is 12.4. The van der Waals surface area contributed by atoms with Gasteiger partial charge in [0.15, 0.2) is 0 Å². The third-order valence-electron chi connectivity index (χ3n) is 3.98. The molecule has 0 aliphatic carbocycles. The Hall–Kier alpha value is -1.81. The van der Waals surface area contributed by atoms with Crippen molar-refractivity contribution in [2.75, 3.05) is 13.1 Å². The Bertz CT molecular complexity index is 627. The molecule has 5 heteroatoms. The molecule has 1 fully saturated rings. The number of nitrogens with one attached hydrogen (secondary N) is 1. The van der Waals surface area contributed by atoms with Crippen LogP contribution in [0.5, 0.6) is 0 Å². The van der Waals surface area contributed by atoms with E-state index >= 15 is 0 Å². The van der Waals surface area contributed by atoms with Gasteiger partial charge >= 0.3 is 0 Å². The number of H-pyrrole nitrogens is 1. The summed E-state index contributed by atoms with van der Waals surface area (Å²) in [6.45, 7) is 3.55. The summed E-state index contributed by atoms with van der Waals surface area (Å²) in [4.78, 5) is 22.0. The monoisotopic (exact) mass is 303 g/mol. The number of carbonyl (C=O) groups excluding carboxylic acids is 1. The number of amides is 1. The van der Waals surface area contributed by atoms with E-state index in [1.165, 1.54) is 0 Å². The molecule has 1 aliphatic rings. The van der Waals surface area contributed by atoms with Gasteiger partial charge in [-0.15, -0.1) is 0 Å². The van der Waals surface area contributed by atoms with Crippen LogP contribution in [-0.4, -0.2) is 33.9 Å². The average molecular weight is 304 g/mol. The number of piperidine rings is 1. The number of aromatic amines is 1. The van der Waals surface area contributed by atoms with Crippen molar-refractivity contribution in [1.82, 2.24) is 14.9 Å². The van der Waals surface area contributed by atoms with E-state index in [1.807, 2.05) is 18.0 Å². The third kappa shape index (κ3) is 3.10. The first-order valence-corrected chi connectivity index (χ1v) is 7.57. The summed E-state index contributed by atoms with van der Waals surface area (Å²) < 4.78 is 0. The Morgan fingerprint density at radius 1 is 1.29 bits per heavy atom. The van der Waals surface area contributed by atoms with E-state index in [2.05, 4.69) is 9.97 Å². The quantitative estimate of drug-likeness (QED) is 0.924. The molecular formula is C16H18ClN3O. The zero-order valence-electron chi connectivity index (χ0n) is 12.0. The molecule has 1 amide bonds. The van der Waals surface area contributed by atoms with Crippen molar-refractivity contribution in [3.8, 4) is 0 Å². The molecule has 110 valence electrons. The fourth-order valence-electron chi connectivity index (χ4n) is 2.77. The second kappa shape index (κ2) is 5.90. The summed E-state index contributed by atoms with van der Waals surface area (Å²) in [5.41, 5.74) is 1.79. The van der Waals surface area contributed by atoms with E-state index < -0.39 is 0 Å². The normalized spacial score (nSPS) is 16.2. The molecule has 0 atom stereocenters. The highest BCUT2D eigenvalue weighted by molar-refractivity contribution is 6.30. The molecule has 2 heterocycles. The Labute approximate surface area is 129 Å². The fraction of sp³-hybridized carbons (Fsp3) is 0.375. The molecule has 1 N–H and O–H groups in total. The minimum absolute atomic E-state index is 0.0840. The molecule has 0 spiro atoms. The number of carbonyl (C=O) groups is 1. The van der Waals surface area contributed by atoms with E-state index in [1.54, 1.807) is 24.3 Å². The van der Waals surface area contributed by atoms with Crippen molar-refractivity contribution < 1.29 is 4.79 Å². The zero-order chi connectivity index (χ0) is 14.8. The van der Waals surface area contributed by atoms with Crippen molar-refractivity contribution in [3.05, 3.63) is 52.6 Å². The van der Waals surface area contributed by atoms with E-state index in [9.17, 15) is 4.79 Å². The molecule has 0 bridgehead atoms. The van der Waals surface area contributed by atoms with Gasteiger partial charge in [0, 0.05) is 41.5 Å². The van der Waals surface area contributed by atoms with Crippen LogP contribution < -0.4 is 0 Å². The second-order valence-corrected chi connectivity index (χ2v) is 5.96. The lowest BCUT2D eigenvalue weighted by Gasteiger charge is -2.31. The number of hydrogen-bond acceptors (Lipinski definition) is 2. The molecule has 1 aliphatic heterocycles. The summed E-state index contributed by atoms with van der Waals surface area (Å²) in [6, 6.07) is 7.08. The van der Waals surface area contributed by atoms with Crippen LogP contribution in [0.4, 0.5) is 0 Å². The van der Waals surface area contributed by atoms with E-state index in [0.717, 1.165) is 37.4 Å². The van der Waals surface area contributed by atoms with Crippen LogP contribution in [0.15, 0.2) is 30.5 Å². The van der Waals surface area contributed by atoms with Crippen LogP contribution in [0, 0.1) is 6.92 Å². The molecule has 0 radical (unpaired) electrons. The topological polar surface area (TPSA) is 49.0 Å². The Balaban J connectivity index is 1.63. The Morgan fingerprint density at radius 2 is 1.95 bits per heavy atom. The predicted octanol–water partition coefficient (Wildman–Crippen LogP) is 3.39. The van der Waals surface area contributed by atoms with Gasteiger partial charge in [-0.25, -0.2) is 4.98 Å². The Kier molecular flexibility index (Phi) is 3.97. The van der Waals surface area contributed by atoms with Crippen LogP contribution >= 0.6 is 11.6 Å². The molecule has 21 heavy (non-hydrogen) atoms. The molecule has 3 rings (SSSR count). The van der Waals surface area contributed by atoms with E-state index in [0.29, 0.717) is 16.5 Å². The van der Waals surface area contributed by atoms with Crippen LogP contribution in [0.3, 0.4) is 0 Å². The highest BCUT2D eigenvalue weighted by Crippen LogP contribution is 2.26. The van der Waals surface area contributed by atoms with Crippen molar-refractivity contribution >= 4 is 17.5 Å². The SMILES string of the molecule is Cc1cnc(C2CCN(C(=O)c3ccc(Cl)cc3)CC2)[nH]1. The van der Waals surface area contributed by atoms with Crippen molar-refractivity contribution in [2.45, 2.75) is 25.7 Å². The molecule has 1 aromatic heterocycles. The molecule has 0 saturated carbocycles. The maximum Gasteiger partial charge on any atom is 0.253 e. The smallest absolute Gasteiger partial charge is 0.253 e. The van der Waals surface area contributed by atoms with Gasteiger partial charge in [0.1, 0.15) is 5.82 Å². The van der Waals surface area contributed by atoms with Gasteiger partial charge in [-0.3, -0.25) is 4.79 Å². The number of aryl methyl sites for hydroxylation is 1. The van der Waals surface area contributed by atoms with Gasteiger partial charge in [-0.1, -0.05) is 11.6 Å².